The van der Waals surface area contributed by atoms with Crippen LogP contribution in [0.1, 0.15) is 16.4 Å². The molecule has 2 rings (SSSR count). The van der Waals surface area contributed by atoms with Crippen LogP contribution in [0.5, 0.6) is 0 Å². The maximum absolute atomic E-state index is 6.03. The standard InChI is InChI=1S/C13H12Cl2S/c14-9-11(8-13-2-1-7-16-13)10-3-5-12(15)6-4-10/h1-7,11H,8-9H2. The number of hydrogen-bond donors (Lipinski definition) is 0. The number of hydrogen-bond acceptors (Lipinski definition) is 1. The Labute approximate surface area is 110 Å². The zero-order valence-corrected chi connectivity index (χ0v) is 11.0. The second-order valence-corrected chi connectivity index (χ2v) is 5.46. The number of thiophene rings is 1. The van der Waals surface area contributed by atoms with Crippen LogP contribution >= 0.6 is 34.5 Å². The van der Waals surface area contributed by atoms with Crippen molar-refractivity contribution >= 4 is 34.5 Å². The normalized spacial score (nSPS) is 12.6. The molecule has 1 aromatic carbocycles. The Balaban J connectivity index is 2.13. The van der Waals surface area contributed by atoms with Gasteiger partial charge in [-0.15, -0.1) is 22.9 Å². The predicted molar refractivity (Wildman–Crippen MR) is 72.9 cm³/mol. The van der Waals surface area contributed by atoms with Gasteiger partial charge in [-0.05, 0) is 35.6 Å². The Bertz CT molecular complexity index is 420. The zero-order valence-electron chi connectivity index (χ0n) is 8.70. The van der Waals surface area contributed by atoms with E-state index in [0.29, 0.717) is 11.8 Å². The van der Waals surface area contributed by atoms with Gasteiger partial charge in [-0.2, -0.15) is 0 Å². The van der Waals surface area contributed by atoms with E-state index < -0.39 is 0 Å². The summed E-state index contributed by atoms with van der Waals surface area (Å²) in [6.45, 7) is 0. The largest absolute Gasteiger partial charge is 0.149 e. The average molecular weight is 271 g/mol. The van der Waals surface area contributed by atoms with Gasteiger partial charge in [-0.25, -0.2) is 0 Å². The first kappa shape index (κ1) is 12.0. The minimum Gasteiger partial charge on any atom is -0.149 e. The number of halogens is 2. The Hall–Kier alpha value is -0.500. The third-order valence-corrected chi connectivity index (χ3v) is 4.08. The van der Waals surface area contributed by atoms with Gasteiger partial charge in [-0.1, -0.05) is 29.8 Å². The summed E-state index contributed by atoms with van der Waals surface area (Å²) in [5.74, 6) is 1.01. The molecule has 1 atom stereocenters. The number of rotatable bonds is 4. The van der Waals surface area contributed by atoms with Gasteiger partial charge >= 0.3 is 0 Å². The first-order chi connectivity index (χ1) is 7.79. The summed E-state index contributed by atoms with van der Waals surface area (Å²) in [4.78, 5) is 1.38. The van der Waals surface area contributed by atoms with E-state index in [2.05, 4.69) is 29.6 Å². The van der Waals surface area contributed by atoms with Crippen molar-refractivity contribution in [3.05, 3.63) is 57.2 Å². The summed E-state index contributed by atoms with van der Waals surface area (Å²) in [6.07, 6.45) is 1.00. The molecule has 0 aliphatic heterocycles. The summed E-state index contributed by atoms with van der Waals surface area (Å²) in [5, 5.41) is 2.87. The van der Waals surface area contributed by atoms with E-state index in [9.17, 15) is 0 Å². The monoisotopic (exact) mass is 270 g/mol. The van der Waals surface area contributed by atoms with Crippen LogP contribution in [0.15, 0.2) is 41.8 Å². The van der Waals surface area contributed by atoms with Crippen LogP contribution in [0.3, 0.4) is 0 Å². The lowest BCUT2D eigenvalue weighted by atomic mass is 9.97. The van der Waals surface area contributed by atoms with E-state index >= 15 is 0 Å². The third-order valence-electron chi connectivity index (χ3n) is 2.56. The minimum atomic E-state index is 0.373. The minimum absolute atomic E-state index is 0.373. The maximum atomic E-state index is 6.03. The molecule has 0 saturated carbocycles. The molecule has 1 aromatic heterocycles. The number of benzene rings is 1. The van der Waals surface area contributed by atoms with Crippen LogP contribution in [0.25, 0.3) is 0 Å². The third kappa shape index (κ3) is 3.00. The summed E-state index contributed by atoms with van der Waals surface area (Å²) >= 11 is 13.7. The quantitative estimate of drug-likeness (QED) is 0.689. The lowest BCUT2D eigenvalue weighted by Crippen LogP contribution is -2.03. The highest BCUT2D eigenvalue weighted by atomic mass is 35.5. The molecule has 0 bridgehead atoms. The van der Waals surface area contributed by atoms with Crippen molar-refractivity contribution in [3.63, 3.8) is 0 Å². The summed E-state index contributed by atoms with van der Waals surface area (Å²) in [7, 11) is 0. The fourth-order valence-corrected chi connectivity index (χ4v) is 2.87. The van der Waals surface area contributed by atoms with Gasteiger partial charge in [0.2, 0.25) is 0 Å². The van der Waals surface area contributed by atoms with E-state index in [4.69, 9.17) is 23.2 Å². The molecule has 1 unspecified atom stereocenters. The molecule has 0 saturated heterocycles. The average Bonchev–Trinajstić information content (AvgIpc) is 2.80. The summed E-state index contributed by atoms with van der Waals surface area (Å²) in [5.41, 5.74) is 1.26. The predicted octanol–water partition coefficient (Wildman–Crippen LogP) is 4.97. The van der Waals surface area contributed by atoms with Crippen molar-refractivity contribution in [1.82, 2.24) is 0 Å². The Morgan fingerprint density at radius 3 is 2.44 bits per heavy atom. The van der Waals surface area contributed by atoms with Crippen LogP contribution in [-0.4, -0.2) is 5.88 Å². The second-order valence-electron chi connectivity index (χ2n) is 3.69. The summed E-state index contributed by atoms with van der Waals surface area (Å²) < 4.78 is 0. The van der Waals surface area contributed by atoms with Gasteiger partial charge in [0.05, 0.1) is 0 Å². The Kier molecular flexibility index (Phi) is 4.28. The summed E-state index contributed by atoms with van der Waals surface area (Å²) in [6, 6.07) is 12.2. The molecular weight excluding hydrogens is 259 g/mol. The van der Waals surface area contributed by atoms with Gasteiger partial charge in [-0.3, -0.25) is 0 Å². The fourth-order valence-electron chi connectivity index (χ4n) is 1.67. The molecule has 3 heteroatoms. The zero-order chi connectivity index (χ0) is 11.4. The smallest absolute Gasteiger partial charge is 0.0406 e. The molecule has 0 N–H and O–H groups in total. The van der Waals surface area contributed by atoms with Crippen LogP contribution < -0.4 is 0 Å². The van der Waals surface area contributed by atoms with Crippen molar-refractivity contribution < 1.29 is 0 Å². The maximum Gasteiger partial charge on any atom is 0.0406 e. The highest BCUT2D eigenvalue weighted by Crippen LogP contribution is 2.25. The molecule has 16 heavy (non-hydrogen) atoms. The first-order valence-electron chi connectivity index (χ1n) is 5.13. The number of alkyl halides is 1. The van der Waals surface area contributed by atoms with Gasteiger partial charge in [0.1, 0.15) is 0 Å². The lowest BCUT2D eigenvalue weighted by molar-refractivity contribution is 0.776. The van der Waals surface area contributed by atoms with Gasteiger partial charge in [0.15, 0.2) is 0 Å². The molecule has 1 heterocycles. The van der Waals surface area contributed by atoms with E-state index in [1.54, 1.807) is 11.3 Å². The van der Waals surface area contributed by atoms with E-state index in [0.717, 1.165) is 11.4 Å². The van der Waals surface area contributed by atoms with Gasteiger partial charge < -0.3 is 0 Å². The highest BCUT2D eigenvalue weighted by Gasteiger charge is 2.11. The van der Waals surface area contributed by atoms with Crippen molar-refractivity contribution in [2.24, 2.45) is 0 Å². The first-order valence-corrected chi connectivity index (χ1v) is 6.92. The van der Waals surface area contributed by atoms with Crippen LogP contribution in [0.2, 0.25) is 5.02 Å². The van der Waals surface area contributed by atoms with Crippen molar-refractivity contribution in [2.75, 3.05) is 5.88 Å². The molecule has 0 aliphatic rings. The van der Waals surface area contributed by atoms with Crippen LogP contribution in [-0.2, 0) is 6.42 Å². The molecule has 0 aliphatic carbocycles. The Morgan fingerprint density at radius 1 is 1.12 bits per heavy atom. The van der Waals surface area contributed by atoms with E-state index in [1.807, 2.05) is 12.1 Å². The van der Waals surface area contributed by atoms with E-state index in [-0.39, 0.29) is 0 Å². The van der Waals surface area contributed by atoms with Gasteiger partial charge in [0, 0.05) is 21.7 Å². The molecule has 0 nitrogen and oxygen atoms in total. The molecule has 0 radical (unpaired) electrons. The molecule has 2 aromatic rings. The van der Waals surface area contributed by atoms with Crippen LogP contribution in [0, 0.1) is 0 Å². The second kappa shape index (κ2) is 5.72. The molecule has 84 valence electrons. The molecule has 0 spiro atoms. The topological polar surface area (TPSA) is 0 Å². The molecular formula is C13H12Cl2S. The fraction of sp³-hybridized carbons (Fsp3) is 0.231. The molecule has 0 amide bonds. The van der Waals surface area contributed by atoms with Gasteiger partial charge in [0.25, 0.3) is 0 Å². The van der Waals surface area contributed by atoms with E-state index in [1.165, 1.54) is 10.4 Å². The van der Waals surface area contributed by atoms with Crippen molar-refractivity contribution in [3.8, 4) is 0 Å². The SMILES string of the molecule is ClCC(Cc1cccs1)c1ccc(Cl)cc1. The molecule has 0 fully saturated rings. The Morgan fingerprint density at radius 2 is 1.88 bits per heavy atom. The highest BCUT2D eigenvalue weighted by molar-refractivity contribution is 7.09. The van der Waals surface area contributed by atoms with Crippen molar-refractivity contribution in [2.45, 2.75) is 12.3 Å². The van der Waals surface area contributed by atoms with Crippen molar-refractivity contribution in [1.29, 1.82) is 0 Å². The van der Waals surface area contributed by atoms with Crippen LogP contribution in [0.4, 0.5) is 0 Å². The lowest BCUT2D eigenvalue weighted by Gasteiger charge is -2.13.